The maximum absolute atomic E-state index is 13.9. The average molecular weight is 762 g/mol. The normalized spacial score (nSPS) is 16.2. The zero-order chi connectivity index (χ0) is 38.4. The summed E-state index contributed by atoms with van der Waals surface area (Å²) in [6.07, 6.45) is -12.6. The number of alkyl halides is 25. The Kier molecular flexibility index (Phi) is 12.7. The number of unbranched alkanes of at least 4 members (excludes halogenated alkanes) is 3. The first-order valence-corrected chi connectivity index (χ1v) is 12.1. The van der Waals surface area contributed by atoms with Crippen LogP contribution in [-0.4, -0.2) is 84.5 Å². The largest absolute Gasteiger partial charge is 0.460 e. The first-order valence-electron chi connectivity index (χ1n) is 12.1. The van der Waals surface area contributed by atoms with Crippen LogP contribution < -0.4 is 0 Å². The molecule has 0 radical (unpaired) electrons. The first kappa shape index (κ1) is 45.2. The summed E-state index contributed by atoms with van der Waals surface area (Å²) >= 11 is 0. The molecule has 0 saturated heterocycles. The summed E-state index contributed by atoms with van der Waals surface area (Å²) in [7, 11) is 0. The molecule has 0 rings (SSSR count). The Morgan fingerprint density at radius 3 is 0.894 bits per heavy atom. The Labute approximate surface area is 245 Å². The van der Waals surface area contributed by atoms with Gasteiger partial charge in [0.15, 0.2) is 0 Å². The fourth-order valence-electron chi connectivity index (χ4n) is 3.29. The van der Waals surface area contributed by atoms with Crippen molar-refractivity contribution in [2.45, 2.75) is 117 Å². The smallest absolute Gasteiger partial charge is 0.381 e. The molecule has 0 amide bonds. The van der Waals surface area contributed by atoms with Gasteiger partial charge in [0.2, 0.25) is 0 Å². The van der Waals surface area contributed by atoms with Crippen LogP contribution in [-0.2, 0) is 4.74 Å². The molecule has 0 aliphatic rings. The Bertz CT molecular complexity index is 1030. The van der Waals surface area contributed by atoms with E-state index in [1.165, 1.54) is 0 Å². The summed E-state index contributed by atoms with van der Waals surface area (Å²) in [4.78, 5) is 0. The molecule has 0 spiro atoms. The topological polar surface area (TPSA) is 9.23 Å². The van der Waals surface area contributed by atoms with E-state index >= 15 is 0 Å². The summed E-state index contributed by atoms with van der Waals surface area (Å²) in [5, 5.41) is 0. The molecule has 0 aromatic heterocycles. The quantitative estimate of drug-likeness (QED) is 0.0941. The van der Waals surface area contributed by atoms with E-state index in [9.17, 15) is 110 Å². The van der Waals surface area contributed by atoms with Gasteiger partial charge in [-0.2, -0.15) is 110 Å². The molecule has 0 fully saturated rings. The summed E-state index contributed by atoms with van der Waals surface area (Å²) in [5.74, 6) is -97.8. The molecule has 0 aromatic rings. The van der Waals surface area contributed by atoms with Crippen LogP contribution in [0.1, 0.15) is 45.4 Å². The lowest BCUT2D eigenvalue weighted by Gasteiger charge is -2.45. The Balaban J connectivity index is 6.72. The van der Waals surface area contributed by atoms with Crippen LogP contribution in [0, 0.1) is 0 Å². The number of hydrogen-bond acceptors (Lipinski definition) is 1. The van der Waals surface area contributed by atoms with Gasteiger partial charge in [-0.15, -0.1) is 0 Å². The Morgan fingerprint density at radius 2 is 0.596 bits per heavy atom. The van der Waals surface area contributed by atoms with Crippen LogP contribution in [0.2, 0.25) is 0 Å². The third kappa shape index (κ3) is 6.73. The van der Waals surface area contributed by atoms with Crippen molar-refractivity contribution in [3.8, 4) is 0 Å². The molecule has 0 N–H and O–H groups in total. The van der Waals surface area contributed by atoms with Gasteiger partial charge in [0.05, 0.1) is 0 Å². The van der Waals surface area contributed by atoms with Gasteiger partial charge < -0.3 is 4.74 Å². The molecule has 284 valence electrons. The molecule has 0 aliphatic heterocycles. The molecule has 0 unspecified atom stereocenters. The van der Waals surface area contributed by atoms with E-state index in [1.54, 1.807) is 6.92 Å². The molecule has 0 heterocycles. The predicted molar refractivity (Wildman–Crippen MR) is 105 cm³/mol. The molecule has 0 atom stereocenters. The van der Waals surface area contributed by atoms with Crippen LogP contribution in [0.4, 0.5) is 110 Å². The Morgan fingerprint density at radius 1 is 0.319 bits per heavy atom. The van der Waals surface area contributed by atoms with E-state index in [0.717, 1.165) is 0 Å². The van der Waals surface area contributed by atoms with Gasteiger partial charge in [-0.25, -0.2) is 0 Å². The SMILES string of the molecule is CCCOCCCCCCC(F)(F)C(F)(F)C(F)(F)C(F)(F)C(F)(F)C(F)(F)C(F)(F)C(F)(F)C(F)(F)C(F)(F)C(F)(F)C(F)(F)F. The predicted octanol–water partition coefficient (Wildman–Crippen LogP) is 10.9. The summed E-state index contributed by atoms with van der Waals surface area (Å²) in [6, 6.07) is 0. The third-order valence-corrected chi connectivity index (χ3v) is 6.24. The van der Waals surface area contributed by atoms with Crippen LogP contribution in [0.5, 0.6) is 0 Å². The standard InChI is InChI=1S/C21H19F25O/c1-2-8-47-9-6-4-3-5-7-10(22,23)11(24,25)12(26,27)13(28,29)14(30,31)15(32,33)16(34,35)17(36,37)18(38,39)19(40,41)20(42,43)21(44,45)46/h2-9H2,1H3. The molecule has 1 nitrogen and oxygen atoms in total. The highest BCUT2D eigenvalue weighted by atomic mass is 19.4. The van der Waals surface area contributed by atoms with Crippen LogP contribution in [0.25, 0.3) is 0 Å². The lowest BCUT2D eigenvalue weighted by molar-refractivity contribution is -0.482. The number of rotatable bonds is 19. The molecule has 47 heavy (non-hydrogen) atoms. The van der Waals surface area contributed by atoms with E-state index in [0.29, 0.717) is 6.42 Å². The molecule has 0 saturated carbocycles. The molecule has 26 heteroatoms. The zero-order valence-corrected chi connectivity index (χ0v) is 22.5. The van der Waals surface area contributed by atoms with Gasteiger partial charge in [-0.05, 0) is 19.3 Å². The summed E-state index contributed by atoms with van der Waals surface area (Å²) in [6.45, 7) is 1.75. The lowest BCUT2D eigenvalue weighted by Crippen LogP contribution is -2.78. The van der Waals surface area contributed by atoms with Gasteiger partial charge in [-0.1, -0.05) is 19.8 Å². The van der Waals surface area contributed by atoms with Crippen molar-refractivity contribution < 1.29 is 114 Å². The minimum absolute atomic E-state index is 0.0187. The van der Waals surface area contributed by atoms with Crippen molar-refractivity contribution in [2.75, 3.05) is 13.2 Å². The molecular formula is C21H19F25O. The van der Waals surface area contributed by atoms with Crippen molar-refractivity contribution >= 4 is 0 Å². The van der Waals surface area contributed by atoms with Gasteiger partial charge in [0.1, 0.15) is 0 Å². The highest BCUT2D eigenvalue weighted by molar-refractivity contribution is 5.19. The fraction of sp³-hybridized carbons (Fsp3) is 1.00. The monoisotopic (exact) mass is 762 g/mol. The highest BCUT2D eigenvalue weighted by Crippen LogP contribution is 2.67. The molecule has 0 aliphatic carbocycles. The van der Waals surface area contributed by atoms with Gasteiger partial charge in [0, 0.05) is 19.6 Å². The van der Waals surface area contributed by atoms with Crippen molar-refractivity contribution in [1.82, 2.24) is 0 Å². The van der Waals surface area contributed by atoms with Gasteiger partial charge in [0.25, 0.3) is 0 Å². The molecule has 0 aromatic carbocycles. The highest BCUT2D eigenvalue weighted by Gasteiger charge is 2.99. The second-order valence-electron chi connectivity index (χ2n) is 9.72. The fourth-order valence-corrected chi connectivity index (χ4v) is 3.29. The number of hydrogen-bond donors (Lipinski definition) is 0. The number of ether oxygens (including phenoxy) is 1. The van der Waals surface area contributed by atoms with Crippen LogP contribution >= 0.6 is 0 Å². The second-order valence-corrected chi connectivity index (χ2v) is 9.72. The number of halogens is 25. The third-order valence-electron chi connectivity index (χ3n) is 6.24. The van der Waals surface area contributed by atoms with Crippen molar-refractivity contribution in [3.05, 3.63) is 0 Å². The van der Waals surface area contributed by atoms with E-state index in [-0.39, 0.29) is 26.1 Å². The first-order chi connectivity index (χ1) is 20.3. The minimum Gasteiger partial charge on any atom is -0.381 e. The molecular weight excluding hydrogens is 743 g/mol. The maximum Gasteiger partial charge on any atom is 0.460 e. The van der Waals surface area contributed by atoms with E-state index in [2.05, 4.69) is 0 Å². The van der Waals surface area contributed by atoms with Crippen molar-refractivity contribution in [3.63, 3.8) is 0 Å². The molecule has 0 bridgehead atoms. The average Bonchev–Trinajstić information content (AvgIpc) is 2.88. The van der Waals surface area contributed by atoms with Crippen LogP contribution in [0.15, 0.2) is 0 Å². The minimum atomic E-state index is -9.57. The summed E-state index contributed by atoms with van der Waals surface area (Å²) in [5.41, 5.74) is 0. The van der Waals surface area contributed by atoms with E-state index < -0.39 is 90.6 Å². The van der Waals surface area contributed by atoms with E-state index in [4.69, 9.17) is 4.74 Å². The summed E-state index contributed by atoms with van der Waals surface area (Å²) < 4.78 is 341. The van der Waals surface area contributed by atoms with Crippen LogP contribution in [0.3, 0.4) is 0 Å². The zero-order valence-electron chi connectivity index (χ0n) is 22.5. The maximum atomic E-state index is 13.9. The van der Waals surface area contributed by atoms with E-state index in [1.807, 2.05) is 0 Å². The Hall–Kier alpha value is -1.79. The van der Waals surface area contributed by atoms with Crippen molar-refractivity contribution in [1.29, 1.82) is 0 Å². The van der Waals surface area contributed by atoms with Gasteiger partial charge >= 0.3 is 71.3 Å². The van der Waals surface area contributed by atoms with Gasteiger partial charge in [-0.3, -0.25) is 0 Å². The second kappa shape index (κ2) is 13.2. The lowest BCUT2D eigenvalue weighted by atomic mass is 9.84. The van der Waals surface area contributed by atoms with Crippen molar-refractivity contribution in [2.24, 2.45) is 0 Å².